The molecule has 0 aliphatic rings. The van der Waals surface area contributed by atoms with Crippen LogP contribution in [-0.4, -0.2) is 21.3 Å². The zero-order chi connectivity index (χ0) is 13.1. The highest BCUT2D eigenvalue weighted by Crippen LogP contribution is 2.26. The molecule has 0 aliphatic carbocycles. The second kappa shape index (κ2) is 5.40. The van der Waals surface area contributed by atoms with Crippen LogP contribution < -0.4 is 9.46 Å². The number of nitrogens with one attached hydrogen (secondary N) is 1. The Labute approximate surface area is 103 Å². The zero-order valence-corrected chi connectivity index (χ0v) is 11.5. The van der Waals surface area contributed by atoms with Crippen molar-refractivity contribution in [2.24, 2.45) is 0 Å². The number of aryl methyl sites for hydroxylation is 2. The van der Waals surface area contributed by atoms with E-state index in [2.05, 4.69) is 4.72 Å². The molecular formula is C12H19NO3S. The van der Waals surface area contributed by atoms with Crippen molar-refractivity contribution in [3.8, 4) is 5.75 Å². The quantitative estimate of drug-likeness (QED) is 0.881. The van der Waals surface area contributed by atoms with Crippen LogP contribution in [0.5, 0.6) is 5.75 Å². The molecule has 1 rings (SSSR count). The predicted molar refractivity (Wildman–Crippen MR) is 70.2 cm³/mol. The lowest BCUT2D eigenvalue weighted by Crippen LogP contribution is -2.16. The lowest BCUT2D eigenvalue weighted by Gasteiger charge is -2.13. The van der Waals surface area contributed by atoms with Gasteiger partial charge in [0.2, 0.25) is 10.0 Å². The van der Waals surface area contributed by atoms with E-state index >= 15 is 0 Å². The van der Waals surface area contributed by atoms with Gasteiger partial charge in [-0.05, 0) is 43.5 Å². The first-order valence-corrected chi connectivity index (χ1v) is 7.20. The molecule has 5 heteroatoms. The molecule has 0 unspecified atom stereocenters. The topological polar surface area (TPSA) is 55.4 Å². The molecule has 0 amide bonds. The van der Waals surface area contributed by atoms with Crippen molar-refractivity contribution in [1.82, 2.24) is 0 Å². The van der Waals surface area contributed by atoms with E-state index in [1.54, 1.807) is 13.2 Å². The lowest BCUT2D eigenvalue weighted by molar-refractivity contribution is 0.411. The molecular weight excluding hydrogens is 238 g/mol. The Kier molecular flexibility index (Phi) is 4.40. The van der Waals surface area contributed by atoms with E-state index in [1.807, 2.05) is 26.8 Å². The number of ether oxygens (including phenoxy) is 1. The predicted octanol–water partition coefficient (Wildman–Crippen LogP) is 2.46. The van der Waals surface area contributed by atoms with Crippen molar-refractivity contribution in [2.75, 3.05) is 17.6 Å². The molecule has 0 aliphatic heterocycles. The van der Waals surface area contributed by atoms with Gasteiger partial charge < -0.3 is 4.74 Å². The molecule has 17 heavy (non-hydrogen) atoms. The summed E-state index contributed by atoms with van der Waals surface area (Å²) in [4.78, 5) is 0. The molecule has 0 aromatic heterocycles. The standard InChI is InChI=1S/C12H19NO3S/c1-5-6-17(14,15)13-11-7-10(3)12(16-4)8-9(11)2/h7-8,13H,5-6H2,1-4H3. The summed E-state index contributed by atoms with van der Waals surface area (Å²) in [6, 6.07) is 3.63. The van der Waals surface area contributed by atoms with Crippen LogP contribution in [0, 0.1) is 13.8 Å². The first-order valence-electron chi connectivity index (χ1n) is 5.55. The molecule has 1 N–H and O–H groups in total. The highest BCUT2D eigenvalue weighted by Gasteiger charge is 2.12. The normalized spacial score (nSPS) is 11.3. The maximum atomic E-state index is 11.7. The monoisotopic (exact) mass is 257 g/mol. The Morgan fingerprint density at radius 2 is 1.88 bits per heavy atom. The Hall–Kier alpha value is -1.23. The molecule has 0 atom stereocenters. The summed E-state index contributed by atoms with van der Waals surface area (Å²) in [6.45, 7) is 5.58. The summed E-state index contributed by atoms with van der Waals surface area (Å²) in [5.41, 5.74) is 2.39. The molecule has 1 aromatic rings. The number of anilines is 1. The first-order chi connectivity index (χ1) is 7.89. The zero-order valence-electron chi connectivity index (χ0n) is 10.7. The van der Waals surface area contributed by atoms with E-state index in [4.69, 9.17) is 4.74 Å². The van der Waals surface area contributed by atoms with Crippen LogP contribution >= 0.6 is 0 Å². The van der Waals surface area contributed by atoms with Crippen LogP contribution in [0.2, 0.25) is 0 Å². The third-order valence-corrected chi connectivity index (χ3v) is 3.96. The van der Waals surface area contributed by atoms with Gasteiger partial charge in [0.1, 0.15) is 5.75 Å². The van der Waals surface area contributed by atoms with Gasteiger partial charge in [-0.1, -0.05) is 6.92 Å². The van der Waals surface area contributed by atoms with Crippen LogP contribution in [0.1, 0.15) is 24.5 Å². The maximum absolute atomic E-state index is 11.7. The summed E-state index contributed by atoms with van der Waals surface area (Å²) >= 11 is 0. The molecule has 0 saturated carbocycles. The van der Waals surface area contributed by atoms with Gasteiger partial charge in [0.25, 0.3) is 0 Å². The molecule has 96 valence electrons. The summed E-state index contributed by atoms with van der Waals surface area (Å²) in [5, 5.41) is 0. The minimum absolute atomic E-state index is 0.136. The Bertz CT molecular complexity index is 495. The summed E-state index contributed by atoms with van der Waals surface area (Å²) in [7, 11) is -1.63. The fraction of sp³-hybridized carbons (Fsp3) is 0.500. The molecule has 4 nitrogen and oxygen atoms in total. The number of methoxy groups -OCH3 is 1. The van der Waals surface area contributed by atoms with Gasteiger partial charge in [0.05, 0.1) is 18.6 Å². The molecule has 0 fully saturated rings. The maximum Gasteiger partial charge on any atom is 0.232 e. The van der Waals surface area contributed by atoms with Crippen molar-refractivity contribution in [3.63, 3.8) is 0 Å². The second-order valence-electron chi connectivity index (χ2n) is 4.06. The molecule has 1 aromatic carbocycles. The Morgan fingerprint density at radius 3 is 2.41 bits per heavy atom. The van der Waals surface area contributed by atoms with E-state index in [9.17, 15) is 8.42 Å². The lowest BCUT2D eigenvalue weighted by atomic mass is 10.1. The van der Waals surface area contributed by atoms with Crippen molar-refractivity contribution in [2.45, 2.75) is 27.2 Å². The molecule has 0 spiro atoms. The van der Waals surface area contributed by atoms with Gasteiger partial charge in [-0.15, -0.1) is 0 Å². The van der Waals surface area contributed by atoms with Crippen LogP contribution in [0.4, 0.5) is 5.69 Å². The van der Waals surface area contributed by atoms with Crippen LogP contribution in [0.15, 0.2) is 12.1 Å². The van der Waals surface area contributed by atoms with E-state index in [1.165, 1.54) is 0 Å². The number of hydrogen-bond donors (Lipinski definition) is 1. The highest BCUT2D eigenvalue weighted by atomic mass is 32.2. The minimum atomic E-state index is -3.23. The molecule has 0 saturated heterocycles. The van der Waals surface area contributed by atoms with Crippen molar-refractivity contribution in [1.29, 1.82) is 0 Å². The number of sulfonamides is 1. The number of rotatable bonds is 5. The largest absolute Gasteiger partial charge is 0.496 e. The highest BCUT2D eigenvalue weighted by molar-refractivity contribution is 7.92. The van der Waals surface area contributed by atoms with Crippen LogP contribution in [-0.2, 0) is 10.0 Å². The summed E-state index contributed by atoms with van der Waals surface area (Å²) < 4.78 is 31.1. The summed E-state index contributed by atoms with van der Waals surface area (Å²) in [5.74, 6) is 0.901. The molecule has 0 radical (unpaired) electrons. The minimum Gasteiger partial charge on any atom is -0.496 e. The number of hydrogen-bond acceptors (Lipinski definition) is 3. The number of benzene rings is 1. The fourth-order valence-corrected chi connectivity index (χ4v) is 2.80. The Balaban J connectivity index is 3.04. The van der Waals surface area contributed by atoms with Crippen LogP contribution in [0.25, 0.3) is 0 Å². The SMILES string of the molecule is CCCS(=O)(=O)Nc1cc(C)c(OC)cc1C. The van der Waals surface area contributed by atoms with Gasteiger partial charge in [-0.25, -0.2) is 8.42 Å². The van der Waals surface area contributed by atoms with Gasteiger partial charge in [-0.3, -0.25) is 4.72 Å². The van der Waals surface area contributed by atoms with E-state index in [-0.39, 0.29) is 5.75 Å². The van der Waals surface area contributed by atoms with Gasteiger partial charge >= 0.3 is 0 Å². The van der Waals surface area contributed by atoms with E-state index in [0.29, 0.717) is 12.1 Å². The molecule has 0 heterocycles. The van der Waals surface area contributed by atoms with Crippen molar-refractivity contribution in [3.05, 3.63) is 23.3 Å². The van der Waals surface area contributed by atoms with Crippen molar-refractivity contribution < 1.29 is 13.2 Å². The van der Waals surface area contributed by atoms with Gasteiger partial charge in [0, 0.05) is 0 Å². The third kappa shape index (κ3) is 3.63. The fourth-order valence-electron chi connectivity index (χ4n) is 1.61. The van der Waals surface area contributed by atoms with Crippen molar-refractivity contribution >= 4 is 15.7 Å². The average molecular weight is 257 g/mol. The summed E-state index contributed by atoms with van der Waals surface area (Å²) in [6.07, 6.45) is 0.601. The van der Waals surface area contributed by atoms with E-state index < -0.39 is 10.0 Å². The third-order valence-electron chi connectivity index (χ3n) is 2.48. The second-order valence-corrected chi connectivity index (χ2v) is 5.90. The van der Waals surface area contributed by atoms with Gasteiger partial charge in [0.15, 0.2) is 0 Å². The van der Waals surface area contributed by atoms with Crippen LogP contribution in [0.3, 0.4) is 0 Å². The smallest absolute Gasteiger partial charge is 0.232 e. The first kappa shape index (κ1) is 13.8. The Morgan fingerprint density at radius 1 is 1.24 bits per heavy atom. The average Bonchev–Trinajstić information content (AvgIpc) is 2.22. The van der Waals surface area contributed by atoms with Gasteiger partial charge in [-0.2, -0.15) is 0 Å². The molecule has 0 bridgehead atoms. The van der Waals surface area contributed by atoms with E-state index in [0.717, 1.165) is 16.9 Å².